The van der Waals surface area contributed by atoms with E-state index in [-0.39, 0.29) is 0 Å². The van der Waals surface area contributed by atoms with Gasteiger partial charge in [-0.25, -0.2) is 0 Å². The first-order chi connectivity index (χ1) is 6.74. The van der Waals surface area contributed by atoms with E-state index in [1.165, 1.54) is 32.4 Å². The number of hydrogen-bond acceptors (Lipinski definition) is 2. The zero-order valence-electron chi connectivity index (χ0n) is 10.1. The normalized spacial score (nSPS) is 16.9. The molecule has 0 heterocycles. The first-order valence-corrected chi connectivity index (χ1v) is 6.18. The molecule has 1 aliphatic rings. The lowest BCUT2D eigenvalue weighted by Gasteiger charge is -2.26. The van der Waals surface area contributed by atoms with Gasteiger partial charge in [0.05, 0.1) is 0 Å². The van der Waals surface area contributed by atoms with Crippen LogP contribution in [0.2, 0.25) is 0 Å². The van der Waals surface area contributed by atoms with Crippen LogP contribution in [0.4, 0.5) is 0 Å². The van der Waals surface area contributed by atoms with E-state index in [1.807, 2.05) is 0 Å². The van der Waals surface area contributed by atoms with Crippen molar-refractivity contribution in [3.05, 3.63) is 0 Å². The van der Waals surface area contributed by atoms with Gasteiger partial charge in [-0.2, -0.15) is 0 Å². The van der Waals surface area contributed by atoms with E-state index in [4.69, 9.17) is 0 Å². The van der Waals surface area contributed by atoms with Gasteiger partial charge >= 0.3 is 0 Å². The highest BCUT2D eigenvalue weighted by molar-refractivity contribution is 4.78. The van der Waals surface area contributed by atoms with Crippen LogP contribution in [-0.4, -0.2) is 37.1 Å². The van der Waals surface area contributed by atoms with Crippen molar-refractivity contribution in [2.75, 3.05) is 26.2 Å². The van der Waals surface area contributed by atoms with Crippen molar-refractivity contribution in [1.82, 2.24) is 10.2 Å². The lowest BCUT2D eigenvalue weighted by molar-refractivity contribution is 0.213. The molecule has 0 aliphatic heterocycles. The van der Waals surface area contributed by atoms with Gasteiger partial charge in [0.15, 0.2) is 0 Å². The summed E-state index contributed by atoms with van der Waals surface area (Å²) in [6, 6.07) is 0.707. The Morgan fingerprint density at radius 3 is 2.50 bits per heavy atom. The molecule has 0 aromatic rings. The maximum absolute atomic E-state index is 3.47. The van der Waals surface area contributed by atoms with Gasteiger partial charge in [-0.05, 0) is 45.6 Å². The molecule has 1 N–H and O–H groups in total. The van der Waals surface area contributed by atoms with Crippen LogP contribution in [0.25, 0.3) is 0 Å². The Bertz CT molecular complexity index is 141. The standard InChI is InChI=1S/C12H26N2/c1-4-7-13-8-9-14(11(2)3)10-12-5-6-12/h11-13H,4-10H2,1-3H3. The van der Waals surface area contributed by atoms with E-state index >= 15 is 0 Å². The predicted octanol–water partition coefficient (Wildman–Crippen LogP) is 2.11. The summed E-state index contributed by atoms with van der Waals surface area (Å²) in [5.41, 5.74) is 0. The molecule has 0 radical (unpaired) electrons. The molecule has 14 heavy (non-hydrogen) atoms. The average molecular weight is 198 g/mol. The lowest BCUT2D eigenvalue weighted by atomic mass is 10.2. The monoisotopic (exact) mass is 198 g/mol. The fraction of sp³-hybridized carbons (Fsp3) is 1.00. The minimum absolute atomic E-state index is 0.707. The molecule has 2 nitrogen and oxygen atoms in total. The molecule has 0 spiro atoms. The fourth-order valence-electron chi connectivity index (χ4n) is 1.72. The largest absolute Gasteiger partial charge is 0.315 e. The molecule has 1 aliphatic carbocycles. The first-order valence-electron chi connectivity index (χ1n) is 6.18. The highest BCUT2D eigenvalue weighted by atomic mass is 15.2. The van der Waals surface area contributed by atoms with E-state index in [9.17, 15) is 0 Å². The molecular formula is C12H26N2. The van der Waals surface area contributed by atoms with Crippen LogP contribution < -0.4 is 5.32 Å². The summed E-state index contributed by atoms with van der Waals surface area (Å²) >= 11 is 0. The highest BCUT2D eigenvalue weighted by Crippen LogP contribution is 2.30. The Balaban J connectivity index is 2.07. The molecular weight excluding hydrogens is 172 g/mol. The number of rotatable bonds is 8. The van der Waals surface area contributed by atoms with Crippen LogP contribution in [-0.2, 0) is 0 Å². The Morgan fingerprint density at radius 1 is 1.29 bits per heavy atom. The highest BCUT2D eigenvalue weighted by Gasteiger charge is 2.24. The number of nitrogens with one attached hydrogen (secondary N) is 1. The predicted molar refractivity (Wildman–Crippen MR) is 62.6 cm³/mol. The van der Waals surface area contributed by atoms with Gasteiger partial charge in [0.25, 0.3) is 0 Å². The van der Waals surface area contributed by atoms with Crippen molar-refractivity contribution < 1.29 is 0 Å². The number of nitrogens with zero attached hydrogens (tertiary/aromatic N) is 1. The van der Waals surface area contributed by atoms with Gasteiger partial charge in [-0.1, -0.05) is 6.92 Å². The molecule has 1 rings (SSSR count). The van der Waals surface area contributed by atoms with Crippen LogP contribution >= 0.6 is 0 Å². The molecule has 1 fully saturated rings. The van der Waals surface area contributed by atoms with Gasteiger partial charge in [-0.3, -0.25) is 4.90 Å². The maximum Gasteiger partial charge on any atom is 0.0110 e. The van der Waals surface area contributed by atoms with E-state index < -0.39 is 0 Å². The summed E-state index contributed by atoms with van der Waals surface area (Å²) in [4.78, 5) is 2.61. The van der Waals surface area contributed by atoms with Gasteiger partial charge in [0.1, 0.15) is 0 Å². The van der Waals surface area contributed by atoms with Gasteiger partial charge in [0, 0.05) is 25.7 Å². The zero-order chi connectivity index (χ0) is 10.4. The van der Waals surface area contributed by atoms with Gasteiger partial charge in [0.2, 0.25) is 0 Å². The van der Waals surface area contributed by atoms with Crippen LogP contribution in [0, 0.1) is 5.92 Å². The summed E-state index contributed by atoms with van der Waals surface area (Å²) in [6.07, 6.45) is 4.17. The summed E-state index contributed by atoms with van der Waals surface area (Å²) in [5, 5.41) is 3.47. The van der Waals surface area contributed by atoms with Crippen LogP contribution in [0.1, 0.15) is 40.0 Å². The maximum atomic E-state index is 3.47. The molecule has 84 valence electrons. The zero-order valence-corrected chi connectivity index (χ0v) is 10.1. The molecule has 0 atom stereocenters. The topological polar surface area (TPSA) is 15.3 Å². The quantitative estimate of drug-likeness (QED) is 0.601. The molecule has 0 aromatic carbocycles. The average Bonchev–Trinajstić information content (AvgIpc) is 2.93. The molecule has 0 amide bonds. The van der Waals surface area contributed by atoms with E-state index in [0.717, 1.165) is 19.0 Å². The van der Waals surface area contributed by atoms with E-state index in [0.29, 0.717) is 6.04 Å². The van der Waals surface area contributed by atoms with Crippen molar-refractivity contribution in [2.45, 2.75) is 46.1 Å². The molecule has 2 heteroatoms. The second kappa shape index (κ2) is 6.41. The van der Waals surface area contributed by atoms with Crippen LogP contribution in [0.15, 0.2) is 0 Å². The Morgan fingerprint density at radius 2 is 2.00 bits per heavy atom. The minimum Gasteiger partial charge on any atom is -0.315 e. The third-order valence-corrected chi connectivity index (χ3v) is 2.92. The third kappa shape index (κ3) is 4.97. The summed E-state index contributed by atoms with van der Waals surface area (Å²) in [7, 11) is 0. The third-order valence-electron chi connectivity index (χ3n) is 2.92. The van der Waals surface area contributed by atoms with Crippen molar-refractivity contribution in [1.29, 1.82) is 0 Å². The smallest absolute Gasteiger partial charge is 0.0110 e. The minimum atomic E-state index is 0.707. The van der Waals surface area contributed by atoms with Crippen molar-refractivity contribution in [2.24, 2.45) is 5.92 Å². The SMILES string of the molecule is CCCNCCN(CC1CC1)C(C)C. The second-order valence-corrected chi connectivity index (χ2v) is 4.78. The molecule has 0 saturated heterocycles. The first kappa shape index (κ1) is 12.0. The van der Waals surface area contributed by atoms with Crippen molar-refractivity contribution in [3.63, 3.8) is 0 Å². The van der Waals surface area contributed by atoms with E-state index in [1.54, 1.807) is 0 Å². The molecule has 1 saturated carbocycles. The summed E-state index contributed by atoms with van der Waals surface area (Å²) < 4.78 is 0. The van der Waals surface area contributed by atoms with Crippen LogP contribution in [0.3, 0.4) is 0 Å². The fourth-order valence-corrected chi connectivity index (χ4v) is 1.72. The van der Waals surface area contributed by atoms with Crippen LogP contribution in [0.5, 0.6) is 0 Å². The lowest BCUT2D eigenvalue weighted by Crippen LogP contribution is -2.38. The van der Waals surface area contributed by atoms with E-state index in [2.05, 4.69) is 31.0 Å². The second-order valence-electron chi connectivity index (χ2n) is 4.78. The number of hydrogen-bond donors (Lipinski definition) is 1. The Kier molecular flexibility index (Phi) is 5.49. The van der Waals surface area contributed by atoms with Gasteiger partial charge < -0.3 is 5.32 Å². The van der Waals surface area contributed by atoms with Crippen molar-refractivity contribution in [3.8, 4) is 0 Å². The molecule has 0 bridgehead atoms. The van der Waals surface area contributed by atoms with Crippen molar-refractivity contribution >= 4 is 0 Å². The summed E-state index contributed by atoms with van der Waals surface area (Å²) in [5.74, 6) is 1.02. The van der Waals surface area contributed by atoms with Gasteiger partial charge in [-0.15, -0.1) is 0 Å². The molecule has 0 aromatic heterocycles. The summed E-state index contributed by atoms with van der Waals surface area (Å²) in [6.45, 7) is 11.7. The Labute approximate surface area is 89.1 Å². The Hall–Kier alpha value is -0.0800. The molecule has 0 unspecified atom stereocenters.